The molecule has 1 saturated heterocycles. The van der Waals surface area contributed by atoms with E-state index < -0.39 is 10.0 Å². The zero-order valence-electron chi connectivity index (χ0n) is 21.3. The maximum atomic E-state index is 13.1. The van der Waals surface area contributed by atoms with Crippen LogP contribution in [0.1, 0.15) is 60.2 Å². The van der Waals surface area contributed by atoms with Crippen LogP contribution in [0.2, 0.25) is 0 Å². The Hall–Kier alpha value is -2.87. The fourth-order valence-corrected chi connectivity index (χ4v) is 6.18. The van der Waals surface area contributed by atoms with Gasteiger partial charge in [-0.3, -0.25) is 14.3 Å². The number of anilines is 1. The van der Waals surface area contributed by atoms with Gasteiger partial charge in [-0.15, -0.1) is 0 Å². The lowest BCUT2D eigenvalue weighted by molar-refractivity contribution is -0.126. The molecule has 2 N–H and O–H groups in total. The van der Waals surface area contributed by atoms with Crippen LogP contribution in [0.5, 0.6) is 0 Å². The third-order valence-corrected chi connectivity index (χ3v) is 8.04. The smallest absolute Gasteiger partial charge is 0.262 e. The van der Waals surface area contributed by atoms with Crippen LogP contribution >= 0.6 is 0 Å². The van der Waals surface area contributed by atoms with Crippen molar-refractivity contribution >= 4 is 27.5 Å². The van der Waals surface area contributed by atoms with Crippen LogP contribution in [0, 0.1) is 32.6 Å². The van der Waals surface area contributed by atoms with Crippen molar-refractivity contribution < 1.29 is 18.0 Å². The van der Waals surface area contributed by atoms with Crippen molar-refractivity contribution in [3.05, 3.63) is 58.7 Å². The van der Waals surface area contributed by atoms with E-state index in [0.717, 1.165) is 24.8 Å². The second kappa shape index (κ2) is 11.2. The molecule has 1 aliphatic rings. The van der Waals surface area contributed by atoms with Gasteiger partial charge in [0.25, 0.3) is 15.9 Å². The molecule has 0 aliphatic carbocycles. The summed E-state index contributed by atoms with van der Waals surface area (Å²) in [5, 5.41) is 2.99. The van der Waals surface area contributed by atoms with E-state index in [1.807, 2.05) is 19.1 Å². The van der Waals surface area contributed by atoms with Crippen LogP contribution in [0.15, 0.2) is 41.3 Å². The van der Waals surface area contributed by atoms with E-state index in [1.54, 1.807) is 43.0 Å². The highest BCUT2D eigenvalue weighted by Gasteiger charge is 2.29. The van der Waals surface area contributed by atoms with Gasteiger partial charge in [0.15, 0.2) is 0 Å². The number of nitrogens with zero attached hydrogens (tertiary/aromatic N) is 1. The molecule has 2 aromatic carbocycles. The first-order chi connectivity index (χ1) is 16.5. The first-order valence-corrected chi connectivity index (χ1v) is 13.7. The molecule has 1 aliphatic heterocycles. The van der Waals surface area contributed by atoms with Crippen molar-refractivity contribution in [2.75, 3.05) is 24.4 Å². The van der Waals surface area contributed by atoms with E-state index in [-0.39, 0.29) is 22.6 Å². The summed E-state index contributed by atoms with van der Waals surface area (Å²) in [6.07, 6.45) is 2.48. The van der Waals surface area contributed by atoms with E-state index in [2.05, 4.69) is 23.9 Å². The van der Waals surface area contributed by atoms with Gasteiger partial charge in [0.05, 0.1) is 10.8 Å². The molecule has 1 atom stereocenters. The highest BCUT2D eigenvalue weighted by molar-refractivity contribution is 7.92. The van der Waals surface area contributed by atoms with Crippen LogP contribution in [0.4, 0.5) is 5.69 Å². The molecule has 7 nitrogen and oxygen atoms in total. The van der Waals surface area contributed by atoms with E-state index in [1.165, 1.54) is 0 Å². The molecule has 0 unspecified atom stereocenters. The SMILES string of the molecule is Cc1cc(C)c(S(=O)(=O)Nc2ccc(C(=O)N3CCC[C@H](C(=O)NCCC(C)C)C3)cc2)c(C)c1. The van der Waals surface area contributed by atoms with E-state index in [4.69, 9.17) is 0 Å². The molecule has 1 heterocycles. The summed E-state index contributed by atoms with van der Waals surface area (Å²) in [5.74, 6) is 0.183. The van der Waals surface area contributed by atoms with Crippen LogP contribution in [-0.2, 0) is 14.8 Å². The number of carbonyl (C=O) groups is 2. The molecule has 2 amide bonds. The van der Waals surface area contributed by atoms with Gasteiger partial charge in [-0.05, 0) is 81.3 Å². The van der Waals surface area contributed by atoms with Gasteiger partial charge in [0.2, 0.25) is 5.91 Å². The minimum absolute atomic E-state index is 0.00889. The normalized spacial score (nSPS) is 16.3. The molecule has 0 spiro atoms. The van der Waals surface area contributed by atoms with Gasteiger partial charge in [-0.1, -0.05) is 31.5 Å². The van der Waals surface area contributed by atoms with Crippen molar-refractivity contribution in [2.45, 2.75) is 58.8 Å². The second-order valence-corrected chi connectivity index (χ2v) is 11.6. The molecular weight excluding hydrogens is 462 g/mol. The highest BCUT2D eigenvalue weighted by Crippen LogP contribution is 2.25. The molecule has 2 aromatic rings. The number of piperidine rings is 1. The first kappa shape index (κ1) is 26.7. The molecule has 0 saturated carbocycles. The molecule has 3 rings (SSSR count). The van der Waals surface area contributed by atoms with Gasteiger partial charge in [0.1, 0.15) is 0 Å². The Balaban J connectivity index is 1.65. The lowest BCUT2D eigenvalue weighted by atomic mass is 9.96. The molecule has 0 bridgehead atoms. The average molecular weight is 500 g/mol. The largest absolute Gasteiger partial charge is 0.356 e. The van der Waals surface area contributed by atoms with E-state index >= 15 is 0 Å². The summed E-state index contributed by atoms with van der Waals surface area (Å²) in [5.41, 5.74) is 3.25. The summed E-state index contributed by atoms with van der Waals surface area (Å²) >= 11 is 0. The molecule has 35 heavy (non-hydrogen) atoms. The van der Waals surface area contributed by atoms with Gasteiger partial charge >= 0.3 is 0 Å². The Kier molecular flexibility index (Phi) is 8.59. The lowest BCUT2D eigenvalue weighted by Crippen LogP contribution is -2.45. The van der Waals surface area contributed by atoms with E-state index in [0.29, 0.717) is 47.9 Å². The fourth-order valence-electron chi connectivity index (χ4n) is 4.66. The zero-order valence-corrected chi connectivity index (χ0v) is 22.2. The van der Waals surface area contributed by atoms with Gasteiger partial charge in [-0.25, -0.2) is 8.42 Å². The molecular formula is C27H37N3O4S. The Morgan fingerprint density at radius 1 is 1.06 bits per heavy atom. The quantitative estimate of drug-likeness (QED) is 0.562. The number of hydrogen-bond donors (Lipinski definition) is 2. The Morgan fingerprint density at radius 3 is 2.29 bits per heavy atom. The van der Waals surface area contributed by atoms with Crippen molar-refractivity contribution in [3.63, 3.8) is 0 Å². The standard InChI is InChI=1S/C27H37N3O4S/c1-18(2)12-13-28-26(31)23-7-6-14-30(17-23)27(32)22-8-10-24(11-9-22)29-35(33,34)25-20(4)15-19(3)16-21(25)5/h8-11,15-16,18,23,29H,6-7,12-14,17H2,1-5H3,(H,28,31)/t23-/m0/s1. The van der Waals surface area contributed by atoms with Crippen LogP contribution in [0.25, 0.3) is 0 Å². The second-order valence-electron chi connectivity index (χ2n) is 9.97. The monoisotopic (exact) mass is 499 g/mol. The molecule has 8 heteroatoms. The number of aryl methyl sites for hydroxylation is 3. The third kappa shape index (κ3) is 6.84. The zero-order chi connectivity index (χ0) is 25.8. The van der Waals surface area contributed by atoms with Crippen molar-refractivity contribution in [2.24, 2.45) is 11.8 Å². The van der Waals surface area contributed by atoms with Crippen LogP contribution in [0.3, 0.4) is 0 Å². The van der Waals surface area contributed by atoms with Crippen molar-refractivity contribution in [1.29, 1.82) is 0 Å². The molecule has 0 radical (unpaired) electrons. The van der Waals surface area contributed by atoms with Gasteiger partial charge < -0.3 is 10.2 Å². The average Bonchev–Trinajstić information content (AvgIpc) is 2.77. The Labute approximate surface area is 209 Å². The number of sulfonamides is 1. The summed E-state index contributed by atoms with van der Waals surface area (Å²) in [6.45, 7) is 11.4. The van der Waals surface area contributed by atoms with E-state index in [9.17, 15) is 18.0 Å². The number of benzene rings is 2. The first-order valence-electron chi connectivity index (χ1n) is 12.3. The predicted octanol–water partition coefficient (Wildman–Crippen LogP) is 4.43. The number of carbonyl (C=O) groups excluding carboxylic acids is 2. The fraction of sp³-hybridized carbons (Fsp3) is 0.481. The minimum atomic E-state index is -3.76. The Morgan fingerprint density at radius 2 is 1.69 bits per heavy atom. The van der Waals surface area contributed by atoms with Gasteiger partial charge in [-0.2, -0.15) is 0 Å². The Bertz CT molecular complexity index is 1150. The van der Waals surface area contributed by atoms with Crippen LogP contribution < -0.4 is 10.0 Å². The topological polar surface area (TPSA) is 95.6 Å². The number of amides is 2. The van der Waals surface area contributed by atoms with Crippen molar-refractivity contribution in [1.82, 2.24) is 10.2 Å². The van der Waals surface area contributed by atoms with Crippen LogP contribution in [-0.4, -0.2) is 44.8 Å². The number of likely N-dealkylation sites (tertiary alicyclic amines) is 1. The maximum Gasteiger partial charge on any atom is 0.262 e. The molecule has 0 aromatic heterocycles. The minimum Gasteiger partial charge on any atom is -0.356 e. The number of rotatable bonds is 8. The highest BCUT2D eigenvalue weighted by atomic mass is 32.2. The number of nitrogens with one attached hydrogen (secondary N) is 2. The lowest BCUT2D eigenvalue weighted by Gasteiger charge is -2.32. The maximum absolute atomic E-state index is 13.1. The van der Waals surface area contributed by atoms with Gasteiger partial charge in [0, 0.05) is 30.9 Å². The molecule has 190 valence electrons. The number of hydrogen-bond acceptors (Lipinski definition) is 4. The third-order valence-electron chi connectivity index (χ3n) is 6.36. The summed E-state index contributed by atoms with van der Waals surface area (Å²) in [7, 11) is -3.76. The summed E-state index contributed by atoms with van der Waals surface area (Å²) in [4.78, 5) is 27.6. The molecule has 1 fully saturated rings. The summed E-state index contributed by atoms with van der Waals surface area (Å²) < 4.78 is 28.6. The predicted molar refractivity (Wildman–Crippen MR) is 139 cm³/mol. The van der Waals surface area contributed by atoms with Crippen molar-refractivity contribution in [3.8, 4) is 0 Å². The summed E-state index contributed by atoms with van der Waals surface area (Å²) in [6, 6.07) is 10.1.